The molecule has 1 atom stereocenters. The molecule has 0 amide bonds. The van der Waals surface area contributed by atoms with Crippen LogP contribution >= 0.6 is 11.8 Å². The standard InChI is InChI=1S/C15H20N4OS/c1-16-13-9-14(19-15(18-13)21-2)17-12(10-20)8-11-6-4-3-5-7-11/h3-7,9,12,20H,8,10H2,1-2H3,(H2,16,17,18,19). The average Bonchev–Trinajstić information content (AvgIpc) is 2.54. The van der Waals surface area contributed by atoms with Gasteiger partial charge in [0.25, 0.3) is 0 Å². The van der Waals surface area contributed by atoms with Gasteiger partial charge in [0.05, 0.1) is 12.6 Å². The predicted molar refractivity (Wildman–Crippen MR) is 88.0 cm³/mol. The van der Waals surface area contributed by atoms with E-state index in [9.17, 15) is 5.11 Å². The first-order valence-electron chi connectivity index (χ1n) is 6.77. The molecule has 2 aromatic rings. The quantitative estimate of drug-likeness (QED) is 0.538. The number of aromatic nitrogens is 2. The molecule has 2 rings (SSSR count). The molecule has 0 aliphatic rings. The van der Waals surface area contributed by atoms with E-state index in [0.717, 1.165) is 12.2 Å². The summed E-state index contributed by atoms with van der Waals surface area (Å²) in [7, 11) is 1.82. The third-order valence-corrected chi connectivity index (χ3v) is 3.59. The van der Waals surface area contributed by atoms with Crippen LogP contribution in [-0.4, -0.2) is 41.0 Å². The first kappa shape index (κ1) is 15.6. The van der Waals surface area contributed by atoms with Gasteiger partial charge in [-0.1, -0.05) is 42.1 Å². The van der Waals surface area contributed by atoms with Crippen LogP contribution in [0.2, 0.25) is 0 Å². The number of thioether (sulfide) groups is 1. The summed E-state index contributed by atoms with van der Waals surface area (Å²) in [5.41, 5.74) is 1.18. The van der Waals surface area contributed by atoms with E-state index in [0.29, 0.717) is 11.0 Å². The third-order valence-electron chi connectivity index (χ3n) is 3.04. The molecule has 6 heteroatoms. The van der Waals surface area contributed by atoms with E-state index < -0.39 is 0 Å². The van der Waals surface area contributed by atoms with Gasteiger partial charge < -0.3 is 15.7 Å². The molecule has 0 fully saturated rings. The SMILES string of the molecule is CNc1cc(NC(CO)Cc2ccccc2)nc(SC)n1. The highest BCUT2D eigenvalue weighted by atomic mass is 32.2. The molecule has 5 nitrogen and oxygen atoms in total. The highest BCUT2D eigenvalue weighted by Crippen LogP contribution is 2.18. The van der Waals surface area contributed by atoms with Gasteiger partial charge in [-0.3, -0.25) is 0 Å². The number of aliphatic hydroxyl groups is 1. The van der Waals surface area contributed by atoms with Crippen LogP contribution in [0.5, 0.6) is 0 Å². The van der Waals surface area contributed by atoms with Crippen molar-refractivity contribution in [1.82, 2.24) is 9.97 Å². The lowest BCUT2D eigenvalue weighted by Gasteiger charge is -2.17. The number of aliphatic hydroxyl groups excluding tert-OH is 1. The average molecular weight is 304 g/mol. The van der Waals surface area contributed by atoms with Gasteiger partial charge in [0.15, 0.2) is 5.16 Å². The fourth-order valence-electron chi connectivity index (χ4n) is 1.99. The van der Waals surface area contributed by atoms with Crippen LogP contribution in [0.25, 0.3) is 0 Å². The summed E-state index contributed by atoms with van der Waals surface area (Å²) in [5.74, 6) is 1.47. The zero-order valence-corrected chi connectivity index (χ0v) is 13.0. The fourth-order valence-corrected chi connectivity index (χ4v) is 2.37. The molecule has 1 heterocycles. The Morgan fingerprint density at radius 1 is 1.19 bits per heavy atom. The Kier molecular flexibility index (Phi) is 5.83. The minimum Gasteiger partial charge on any atom is -0.394 e. The van der Waals surface area contributed by atoms with Crippen molar-refractivity contribution in [1.29, 1.82) is 0 Å². The van der Waals surface area contributed by atoms with Crippen molar-refractivity contribution < 1.29 is 5.11 Å². The van der Waals surface area contributed by atoms with Gasteiger partial charge in [0.1, 0.15) is 11.6 Å². The van der Waals surface area contributed by atoms with Crippen LogP contribution in [0.3, 0.4) is 0 Å². The normalized spacial score (nSPS) is 12.0. The largest absolute Gasteiger partial charge is 0.394 e. The number of hydrogen-bond acceptors (Lipinski definition) is 6. The van der Waals surface area contributed by atoms with E-state index in [2.05, 4.69) is 32.7 Å². The highest BCUT2D eigenvalue weighted by molar-refractivity contribution is 7.98. The Hall–Kier alpha value is -1.79. The number of benzene rings is 1. The second kappa shape index (κ2) is 7.85. The first-order valence-corrected chi connectivity index (χ1v) is 7.99. The van der Waals surface area contributed by atoms with Crippen LogP contribution in [0.1, 0.15) is 5.56 Å². The lowest BCUT2D eigenvalue weighted by molar-refractivity contribution is 0.273. The van der Waals surface area contributed by atoms with E-state index in [1.165, 1.54) is 17.3 Å². The monoisotopic (exact) mass is 304 g/mol. The Morgan fingerprint density at radius 2 is 1.90 bits per heavy atom. The first-order chi connectivity index (χ1) is 10.2. The van der Waals surface area contributed by atoms with Crippen LogP contribution in [-0.2, 0) is 6.42 Å². The Labute approximate surface area is 129 Å². The van der Waals surface area contributed by atoms with Crippen molar-refractivity contribution in [2.75, 3.05) is 30.5 Å². The van der Waals surface area contributed by atoms with Gasteiger partial charge in [-0.2, -0.15) is 0 Å². The lowest BCUT2D eigenvalue weighted by Crippen LogP contribution is -2.27. The molecule has 1 aromatic carbocycles. The maximum Gasteiger partial charge on any atom is 0.191 e. The molecule has 1 aromatic heterocycles. The molecule has 0 radical (unpaired) electrons. The van der Waals surface area contributed by atoms with Gasteiger partial charge >= 0.3 is 0 Å². The van der Waals surface area contributed by atoms with Gasteiger partial charge in [0, 0.05) is 13.1 Å². The summed E-state index contributed by atoms with van der Waals surface area (Å²) in [6, 6.07) is 11.8. The zero-order chi connectivity index (χ0) is 15.1. The Bertz CT molecular complexity index is 543. The molecular weight excluding hydrogens is 284 g/mol. The van der Waals surface area contributed by atoms with Gasteiger partial charge in [-0.15, -0.1) is 0 Å². The number of hydrogen-bond donors (Lipinski definition) is 3. The van der Waals surface area contributed by atoms with Crippen molar-refractivity contribution in [3.05, 3.63) is 42.0 Å². The Balaban J connectivity index is 2.11. The van der Waals surface area contributed by atoms with E-state index in [-0.39, 0.29) is 12.6 Å². The molecule has 0 saturated heterocycles. The summed E-state index contributed by atoms with van der Waals surface area (Å²) < 4.78 is 0. The molecule has 3 N–H and O–H groups in total. The topological polar surface area (TPSA) is 70.1 Å². The summed E-state index contributed by atoms with van der Waals surface area (Å²) in [6.07, 6.45) is 2.68. The van der Waals surface area contributed by atoms with Crippen LogP contribution < -0.4 is 10.6 Å². The molecule has 0 saturated carbocycles. The maximum atomic E-state index is 9.57. The number of anilines is 2. The van der Waals surface area contributed by atoms with E-state index in [1.807, 2.05) is 37.6 Å². The third kappa shape index (κ3) is 4.61. The highest BCUT2D eigenvalue weighted by Gasteiger charge is 2.11. The van der Waals surface area contributed by atoms with Crippen LogP contribution in [0.4, 0.5) is 11.6 Å². The molecule has 0 spiro atoms. The predicted octanol–water partition coefficient (Wildman–Crippen LogP) is 2.26. The molecule has 112 valence electrons. The molecule has 0 aliphatic heterocycles. The van der Waals surface area contributed by atoms with Gasteiger partial charge in [-0.05, 0) is 18.2 Å². The fraction of sp³-hybridized carbons (Fsp3) is 0.333. The number of nitrogens with one attached hydrogen (secondary N) is 2. The molecule has 0 bridgehead atoms. The second-order valence-electron chi connectivity index (χ2n) is 4.59. The van der Waals surface area contributed by atoms with Crippen molar-refractivity contribution in [3.63, 3.8) is 0 Å². The minimum atomic E-state index is -0.0817. The maximum absolute atomic E-state index is 9.57. The molecule has 21 heavy (non-hydrogen) atoms. The summed E-state index contributed by atoms with van der Waals surface area (Å²) in [5, 5.41) is 16.6. The number of rotatable bonds is 7. The van der Waals surface area contributed by atoms with Crippen LogP contribution in [0, 0.1) is 0 Å². The van der Waals surface area contributed by atoms with Crippen molar-refractivity contribution in [2.45, 2.75) is 17.6 Å². The van der Waals surface area contributed by atoms with E-state index in [1.54, 1.807) is 0 Å². The zero-order valence-electron chi connectivity index (χ0n) is 12.2. The summed E-state index contributed by atoms with van der Waals surface area (Å²) >= 11 is 1.49. The van der Waals surface area contributed by atoms with E-state index in [4.69, 9.17) is 0 Å². The van der Waals surface area contributed by atoms with Crippen molar-refractivity contribution >= 4 is 23.4 Å². The van der Waals surface area contributed by atoms with Crippen molar-refractivity contribution in [3.8, 4) is 0 Å². The minimum absolute atomic E-state index is 0.0440. The molecular formula is C15H20N4OS. The molecule has 0 aliphatic carbocycles. The summed E-state index contributed by atoms with van der Waals surface area (Å²) in [4.78, 5) is 8.74. The number of nitrogens with zero attached hydrogens (tertiary/aromatic N) is 2. The lowest BCUT2D eigenvalue weighted by atomic mass is 10.1. The Morgan fingerprint density at radius 3 is 2.52 bits per heavy atom. The van der Waals surface area contributed by atoms with Crippen molar-refractivity contribution in [2.24, 2.45) is 0 Å². The van der Waals surface area contributed by atoms with Gasteiger partial charge in [-0.25, -0.2) is 9.97 Å². The van der Waals surface area contributed by atoms with Gasteiger partial charge in [0.2, 0.25) is 0 Å². The summed E-state index contributed by atoms with van der Waals surface area (Å²) in [6.45, 7) is 0.0440. The molecule has 1 unspecified atom stereocenters. The smallest absolute Gasteiger partial charge is 0.191 e. The second-order valence-corrected chi connectivity index (χ2v) is 5.36. The van der Waals surface area contributed by atoms with Crippen LogP contribution in [0.15, 0.2) is 41.6 Å². The van der Waals surface area contributed by atoms with E-state index >= 15 is 0 Å².